The standard InChI is InChI=1S/C18H26N2O5/c1-2-24-17-7-5-15(25-17)18(23)19-10-8-14-13(12-19)4-6-16(22)20(14)9-3-11-21/h5,7,13-14,21H,2-4,6,8-12H2,1H3/t13-,14+/m0/s1. The first-order chi connectivity index (χ1) is 12.1. The summed E-state index contributed by atoms with van der Waals surface area (Å²) in [4.78, 5) is 28.6. The minimum Gasteiger partial charge on any atom is -0.465 e. The molecule has 0 saturated carbocycles. The Balaban J connectivity index is 1.64. The zero-order valence-electron chi connectivity index (χ0n) is 14.6. The summed E-state index contributed by atoms with van der Waals surface area (Å²) in [6, 6.07) is 3.49. The van der Waals surface area contributed by atoms with Crippen molar-refractivity contribution >= 4 is 11.8 Å². The van der Waals surface area contributed by atoms with Gasteiger partial charge in [-0.3, -0.25) is 9.59 Å². The van der Waals surface area contributed by atoms with Crippen LogP contribution in [0.4, 0.5) is 0 Å². The van der Waals surface area contributed by atoms with Crippen LogP contribution in [-0.2, 0) is 4.79 Å². The van der Waals surface area contributed by atoms with Gasteiger partial charge in [0, 0.05) is 44.8 Å². The van der Waals surface area contributed by atoms with Crippen LogP contribution in [0.5, 0.6) is 5.95 Å². The number of hydrogen-bond acceptors (Lipinski definition) is 5. The molecule has 0 unspecified atom stereocenters. The number of piperidine rings is 2. The molecular formula is C18H26N2O5. The van der Waals surface area contributed by atoms with E-state index in [0.29, 0.717) is 50.8 Å². The quantitative estimate of drug-likeness (QED) is 0.841. The summed E-state index contributed by atoms with van der Waals surface area (Å²) < 4.78 is 10.7. The molecule has 2 aliphatic heterocycles. The molecule has 0 radical (unpaired) electrons. The van der Waals surface area contributed by atoms with Crippen molar-refractivity contribution in [2.24, 2.45) is 5.92 Å². The smallest absolute Gasteiger partial charge is 0.289 e. The maximum absolute atomic E-state index is 12.7. The molecule has 0 bridgehead atoms. The van der Waals surface area contributed by atoms with Crippen molar-refractivity contribution in [2.75, 3.05) is 32.8 Å². The summed E-state index contributed by atoms with van der Waals surface area (Å²) in [5, 5.41) is 9.05. The zero-order valence-corrected chi connectivity index (χ0v) is 14.6. The Morgan fingerprint density at radius 3 is 3.00 bits per heavy atom. The lowest BCUT2D eigenvalue weighted by Gasteiger charge is -2.47. The maximum atomic E-state index is 12.7. The highest BCUT2D eigenvalue weighted by Crippen LogP contribution is 2.32. The molecule has 7 heteroatoms. The van der Waals surface area contributed by atoms with Crippen LogP contribution in [0.2, 0.25) is 0 Å². The second-order valence-electron chi connectivity index (χ2n) is 6.62. The van der Waals surface area contributed by atoms with Crippen molar-refractivity contribution in [1.29, 1.82) is 0 Å². The third-order valence-corrected chi connectivity index (χ3v) is 5.07. The van der Waals surface area contributed by atoms with Crippen molar-refractivity contribution in [3.63, 3.8) is 0 Å². The van der Waals surface area contributed by atoms with Gasteiger partial charge in [-0.15, -0.1) is 0 Å². The number of likely N-dealkylation sites (tertiary alicyclic amines) is 2. The Hall–Kier alpha value is -2.02. The van der Waals surface area contributed by atoms with Gasteiger partial charge in [-0.1, -0.05) is 0 Å². The summed E-state index contributed by atoms with van der Waals surface area (Å²) in [6.07, 6.45) is 2.70. The van der Waals surface area contributed by atoms with Gasteiger partial charge in [0.15, 0.2) is 5.76 Å². The predicted molar refractivity (Wildman–Crippen MR) is 90.3 cm³/mol. The van der Waals surface area contributed by atoms with Crippen molar-refractivity contribution in [2.45, 2.75) is 38.6 Å². The van der Waals surface area contributed by atoms with E-state index in [1.165, 1.54) is 0 Å². The van der Waals surface area contributed by atoms with Gasteiger partial charge in [0.1, 0.15) is 0 Å². The van der Waals surface area contributed by atoms with Gasteiger partial charge in [0.2, 0.25) is 5.91 Å². The molecule has 0 aromatic carbocycles. The molecular weight excluding hydrogens is 324 g/mol. The average molecular weight is 350 g/mol. The maximum Gasteiger partial charge on any atom is 0.289 e. The first-order valence-corrected chi connectivity index (χ1v) is 9.06. The number of amides is 2. The summed E-state index contributed by atoms with van der Waals surface area (Å²) in [7, 11) is 0. The second-order valence-corrected chi connectivity index (χ2v) is 6.62. The van der Waals surface area contributed by atoms with E-state index in [2.05, 4.69) is 0 Å². The number of furan rings is 1. The number of aliphatic hydroxyl groups is 1. The monoisotopic (exact) mass is 350 g/mol. The lowest BCUT2D eigenvalue weighted by atomic mass is 9.83. The topological polar surface area (TPSA) is 83.2 Å². The molecule has 1 aromatic rings. The normalized spacial score (nSPS) is 23.5. The van der Waals surface area contributed by atoms with Crippen molar-refractivity contribution in [3.05, 3.63) is 17.9 Å². The summed E-state index contributed by atoms with van der Waals surface area (Å²) in [6.45, 7) is 4.28. The highest BCUT2D eigenvalue weighted by atomic mass is 16.6. The van der Waals surface area contributed by atoms with Gasteiger partial charge in [-0.05, 0) is 38.2 Å². The molecule has 2 saturated heterocycles. The minimum atomic E-state index is -0.122. The Kier molecular flexibility index (Phi) is 5.63. The zero-order chi connectivity index (χ0) is 17.8. The van der Waals surface area contributed by atoms with E-state index in [0.717, 1.165) is 12.8 Å². The Morgan fingerprint density at radius 2 is 2.24 bits per heavy atom. The number of rotatable bonds is 6. The average Bonchev–Trinajstić information content (AvgIpc) is 3.09. The van der Waals surface area contributed by atoms with Crippen LogP contribution in [-0.4, -0.2) is 65.6 Å². The van der Waals surface area contributed by atoms with Crippen molar-refractivity contribution < 1.29 is 23.8 Å². The molecule has 3 rings (SSSR count). The van der Waals surface area contributed by atoms with Crippen LogP contribution in [0.15, 0.2) is 16.5 Å². The summed E-state index contributed by atoms with van der Waals surface area (Å²) in [5.41, 5.74) is 0. The Labute approximate surface area is 147 Å². The first-order valence-electron chi connectivity index (χ1n) is 9.06. The number of carbonyl (C=O) groups is 2. The van der Waals surface area contributed by atoms with E-state index in [9.17, 15) is 9.59 Å². The van der Waals surface area contributed by atoms with Gasteiger partial charge in [0.25, 0.3) is 11.9 Å². The van der Waals surface area contributed by atoms with Crippen LogP contribution in [0, 0.1) is 5.92 Å². The van der Waals surface area contributed by atoms with E-state index in [1.54, 1.807) is 12.1 Å². The molecule has 2 amide bonds. The number of aliphatic hydroxyl groups excluding tert-OH is 1. The highest BCUT2D eigenvalue weighted by Gasteiger charge is 2.40. The van der Waals surface area contributed by atoms with Gasteiger partial charge in [-0.2, -0.15) is 0 Å². The fourth-order valence-electron chi connectivity index (χ4n) is 3.88. The van der Waals surface area contributed by atoms with Crippen LogP contribution in [0.3, 0.4) is 0 Å². The molecule has 2 fully saturated rings. The number of ether oxygens (including phenoxy) is 1. The lowest BCUT2D eigenvalue weighted by Crippen LogP contribution is -2.57. The second kappa shape index (κ2) is 7.91. The van der Waals surface area contributed by atoms with Crippen molar-refractivity contribution in [3.8, 4) is 5.95 Å². The third-order valence-electron chi connectivity index (χ3n) is 5.07. The van der Waals surface area contributed by atoms with Gasteiger partial charge < -0.3 is 24.1 Å². The lowest BCUT2D eigenvalue weighted by molar-refractivity contribution is -0.140. The fraction of sp³-hybridized carbons (Fsp3) is 0.667. The van der Waals surface area contributed by atoms with E-state index >= 15 is 0 Å². The highest BCUT2D eigenvalue weighted by molar-refractivity contribution is 5.91. The number of nitrogens with zero attached hydrogens (tertiary/aromatic N) is 2. The van der Waals surface area contributed by atoms with E-state index in [4.69, 9.17) is 14.3 Å². The van der Waals surface area contributed by atoms with E-state index in [1.807, 2.05) is 16.7 Å². The molecule has 1 N–H and O–H groups in total. The molecule has 1 aromatic heterocycles. The molecule has 25 heavy (non-hydrogen) atoms. The van der Waals surface area contributed by atoms with Crippen molar-refractivity contribution in [1.82, 2.24) is 9.80 Å². The van der Waals surface area contributed by atoms with Gasteiger partial charge in [0.05, 0.1) is 6.61 Å². The van der Waals surface area contributed by atoms with Gasteiger partial charge >= 0.3 is 0 Å². The fourth-order valence-corrected chi connectivity index (χ4v) is 3.88. The molecule has 138 valence electrons. The van der Waals surface area contributed by atoms with Crippen LogP contribution in [0.25, 0.3) is 0 Å². The molecule has 0 spiro atoms. The van der Waals surface area contributed by atoms with E-state index in [-0.39, 0.29) is 30.4 Å². The van der Waals surface area contributed by atoms with Crippen LogP contribution >= 0.6 is 0 Å². The first kappa shape index (κ1) is 17.8. The number of hydrogen-bond donors (Lipinski definition) is 1. The van der Waals surface area contributed by atoms with E-state index < -0.39 is 0 Å². The molecule has 2 atom stereocenters. The third kappa shape index (κ3) is 3.81. The van der Waals surface area contributed by atoms with Crippen LogP contribution < -0.4 is 4.74 Å². The molecule has 0 aliphatic carbocycles. The Morgan fingerprint density at radius 1 is 1.40 bits per heavy atom. The summed E-state index contributed by atoms with van der Waals surface area (Å²) in [5.74, 6) is 0.991. The SMILES string of the molecule is CCOc1ccc(C(=O)N2CC[C@@H]3[C@@H](CCC(=O)N3CCCO)C2)o1. The van der Waals surface area contributed by atoms with Gasteiger partial charge in [-0.25, -0.2) is 0 Å². The number of fused-ring (bicyclic) bond motifs is 1. The Bertz CT molecular complexity index is 614. The van der Waals surface area contributed by atoms with Crippen LogP contribution in [0.1, 0.15) is 43.2 Å². The molecule has 7 nitrogen and oxygen atoms in total. The summed E-state index contributed by atoms with van der Waals surface area (Å²) >= 11 is 0. The predicted octanol–water partition coefficient (Wildman–Crippen LogP) is 1.51. The molecule has 3 heterocycles. The molecule has 2 aliphatic rings. The largest absolute Gasteiger partial charge is 0.465 e. The number of carbonyl (C=O) groups excluding carboxylic acids is 2. The minimum absolute atomic E-state index is 0.0897.